The normalized spacial score (nSPS) is 12.3. The van der Waals surface area contributed by atoms with Crippen LogP contribution in [0.15, 0.2) is 23.0 Å². The predicted octanol–water partition coefficient (Wildman–Crippen LogP) is 1.54. The highest BCUT2D eigenvalue weighted by atomic mass is 32.1. The van der Waals surface area contributed by atoms with Gasteiger partial charge < -0.3 is 11.1 Å². The van der Waals surface area contributed by atoms with E-state index in [0.717, 1.165) is 5.56 Å². The molecule has 0 aliphatic carbocycles. The van der Waals surface area contributed by atoms with Crippen molar-refractivity contribution in [3.8, 4) is 0 Å². The van der Waals surface area contributed by atoms with E-state index in [1.165, 1.54) is 6.20 Å². The lowest BCUT2D eigenvalue weighted by molar-refractivity contribution is 0.0941. The number of carbonyl (C=O) groups is 1. The summed E-state index contributed by atoms with van der Waals surface area (Å²) < 4.78 is 0. The third-order valence-corrected chi connectivity index (χ3v) is 3.01. The lowest BCUT2D eigenvalue weighted by Crippen LogP contribution is -2.26. The van der Waals surface area contributed by atoms with Crippen molar-refractivity contribution in [2.75, 3.05) is 5.73 Å². The van der Waals surface area contributed by atoms with Crippen LogP contribution < -0.4 is 11.1 Å². The highest BCUT2D eigenvalue weighted by molar-refractivity contribution is 7.07. The second-order valence-corrected chi connectivity index (χ2v) is 4.23. The van der Waals surface area contributed by atoms with Gasteiger partial charge in [0, 0.05) is 0 Å². The van der Waals surface area contributed by atoms with E-state index >= 15 is 0 Å². The summed E-state index contributed by atoms with van der Waals surface area (Å²) in [7, 11) is 0. The minimum atomic E-state index is -0.218. The Labute approximate surface area is 96.7 Å². The fraction of sp³-hybridized carbons (Fsp3) is 0.200. The highest BCUT2D eigenvalue weighted by Crippen LogP contribution is 2.16. The van der Waals surface area contributed by atoms with Crippen LogP contribution in [0.5, 0.6) is 0 Å². The van der Waals surface area contributed by atoms with E-state index in [-0.39, 0.29) is 17.8 Å². The molecule has 2 aromatic rings. The largest absolute Gasteiger partial charge is 0.383 e. The summed E-state index contributed by atoms with van der Waals surface area (Å²) in [4.78, 5) is 11.8. The predicted molar refractivity (Wildman–Crippen MR) is 63.2 cm³/mol. The number of nitrogens with one attached hydrogen (secondary N) is 2. The highest BCUT2D eigenvalue weighted by Gasteiger charge is 2.15. The monoisotopic (exact) mass is 236 g/mol. The number of aromatic amines is 1. The maximum Gasteiger partial charge on any atom is 0.257 e. The maximum atomic E-state index is 11.8. The Balaban J connectivity index is 2.06. The molecule has 4 N–H and O–H groups in total. The van der Waals surface area contributed by atoms with E-state index in [0.29, 0.717) is 5.56 Å². The van der Waals surface area contributed by atoms with Gasteiger partial charge in [0.25, 0.3) is 5.91 Å². The summed E-state index contributed by atoms with van der Waals surface area (Å²) in [5, 5.41) is 13.1. The Morgan fingerprint density at radius 3 is 3.06 bits per heavy atom. The number of hydrogen-bond donors (Lipinski definition) is 3. The Kier molecular flexibility index (Phi) is 2.91. The second-order valence-electron chi connectivity index (χ2n) is 3.45. The molecule has 0 bridgehead atoms. The third-order valence-electron chi connectivity index (χ3n) is 2.30. The Bertz CT molecular complexity index is 477. The molecule has 0 spiro atoms. The van der Waals surface area contributed by atoms with Gasteiger partial charge in [0.15, 0.2) is 0 Å². The van der Waals surface area contributed by atoms with Crippen LogP contribution >= 0.6 is 11.3 Å². The number of anilines is 1. The molecule has 0 saturated carbocycles. The fourth-order valence-electron chi connectivity index (χ4n) is 1.36. The van der Waals surface area contributed by atoms with Gasteiger partial charge in [-0.15, -0.1) is 0 Å². The minimum absolute atomic E-state index is 0.0342. The standard InChI is InChI=1S/C10H12N4OS/c1-6(7-2-3-16-5-7)13-10(15)8-4-12-14-9(8)11/h2-6H,1H3,(H,13,15)(H3,11,12,14). The Hall–Kier alpha value is -1.82. The molecular formula is C10H12N4OS. The summed E-state index contributed by atoms with van der Waals surface area (Å²) in [5.41, 5.74) is 7.02. The van der Waals surface area contributed by atoms with E-state index in [2.05, 4.69) is 15.5 Å². The van der Waals surface area contributed by atoms with Gasteiger partial charge >= 0.3 is 0 Å². The SMILES string of the molecule is CC(NC(=O)c1cn[nH]c1N)c1ccsc1. The van der Waals surface area contributed by atoms with Crippen LogP contribution in [0.2, 0.25) is 0 Å². The summed E-state index contributed by atoms with van der Waals surface area (Å²) >= 11 is 1.60. The molecule has 2 heterocycles. The molecule has 1 unspecified atom stereocenters. The van der Waals surface area contributed by atoms with Gasteiger partial charge in [0.05, 0.1) is 12.2 Å². The number of carbonyl (C=O) groups excluding carboxylic acids is 1. The summed E-state index contributed by atoms with van der Waals surface area (Å²) in [6.07, 6.45) is 1.42. The van der Waals surface area contributed by atoms with E-state index in [4.69, 9.17) is 5.73 Å². The van der Waals surface area contributed by atoms with E-state index < -0.39 is 0 Å². The number of hydrogen-bond acceptors (Lipinski definition) is 4. The van der Waals surface area contributed by atoms with Crippen molar-refractivity contribution in [1.29, 1.82) is 0 Å². The Morgan fingerprint density at radius 1 is 1.69 bits per heavy atom. The number of amides is 1. The number of H-pyrrole nitrogens is 1. The van der Waals surface area contributed by atoms with Crippen LogP contribution in [0.25, 0.3) is 0 Å². The second kappa shape index (κ2) is 4.36. The zero-order valence-electron chi connectivity index (χ0n) is 8.73. The smallest absolute Gasteiger partial charge is 0.257 e. The molecule has 2 rings (SSSR count). The van der Waals surface area contributed by atoms with Crippen LogP contribution in [-0.4, -0.2) is 16.1 Å². The molecule has 5 nitrogen and oxygen atoms in total. The molecule has 0 aliphatic rings. The van der Waals surface area contributed by atoms with Crippen molar-refractivity contribution in [2.45, 2.75) is 13.0 Å². The number of aromatic nitrogens is 2. The molecule has 0 aromatic carbocycles. The molecule has 1 amide bonds. The molecule has 6 heteroatoms. The van der Waals surface area contributed by atoms with Crippen molar-refractivity contribution in [1.82, 2.24) is 15.5 Å². The van der Waals surface area contributed by atoms with Crippen LogP contribution in [-0.2, 0) is 0 Å². The molecule has 1 atom stereocenters. The van der Waals surface area contributed by atoms with Gasteiger partial charge in [-0.3, -0.25) is 9.89 Å². The molecule has 0 fully saturated rings. The van der Waals surface area contributed by atoms with Crippen LogP contribution in [0.1, 0.15) is 28.9 Å². The lowest BCUT2D eigenvalue weighted by Gasteiger charge is -2.11. The Morgan fingerprint density at radius 2 is 2.50 bits per heavy atom. The average molecular weight is 236 g/mol. The zero-order valence-corrected chi connectivity index (χ0v) is 9.54. The van der Waals surface area contributed by atoms with Crippen molar-refractivity contribution in [3.63, 3.8) is 0 Å². The first-order valence-electron chi connectivity index (χ1n) is 4.80. The molecule has 2 aromatic heterocycles. The molecule has 16 heavy (non-hydrogen) atoms. The molecule has 0 radical (unpaired) electrons. The molecular weight excluding hydrogens is 224 g/mol. The summed E-state index contributed by atoms with van der Waals surface area (Å²) in [6, 6.07) is 1.95. The van der Waals surface area contributed by atoms with E-state index in [9.17, 15) is 4.79 Å². The fourth-order valence-corrected chi connectivity index (χ4v) is 2.11. The third kappa shape index (κ3) is 2.06. The van der Waals surface area contributed by atoms with Gasteiger partial charge in [-0.05, 0) is 29.3 Å². The lowest BCUT2D eigenvalue weighted by atomic mass is 10.1. The number of nitrogen functional groups attached to an aromatic ring is 1. The minimum Gasteiger partial charge on any atom is -0.383 e. The first kappa shape index (κ1) is 10.7. The van der Waals surface area contributed by atoms with Crippen LogP contribution in [0, 0.1) is 0 Å². The first-order valence-corrected chi connectivity index (χ1v) is 5.74. The number of nitrogens with zero attached hydrogens (tertiary/aromatic N) is 1. The first-order chi connectivity index (χ1) is 7.68. The molecule has 84 valence electrons. The van der Waals surface area contributed by atoms with Gasteiger partial charge in [-0.2, -0.15) is 16.4 Å². The van der Waals surface area contributed by atoms with Gasteiger partial charge in [-0.1, -0.05) is 0 Å². The quantitative estimate of drug-likeness (QED) is 0.756. The van der Waals surface area contributed by atoms with Gasteiger partial charge in [0.1, 0.15) is 11.4 Å². The van der Waals surface area contributed by atoms with Crippen LogP contribution in [0.3, 0.4) is 0 Å². The number of nitrogens with two attached hydrogens (primary N) is 1. The van der Waals surface area contributed by atoms with Crippen molar-refractivity contribution >= 4 is 23.1 Å². The number of thiophene rings is 1. The van der Waals surface area contributed by atoms with Gasteiger partial charge in [0.2, 0.25) is 0 Å². The van der Waals surface area contributed by atoms with Crippen molar-refractivity contribution < 1.29 is 4.79 Å². The van der Waals surface area contributed by atoms with Crippen molar-refractivity contribution in [3.05, 3.63) is 34.2 Å². The van der Waals surface area contributed by atoms with E-state index in [1.54, 1.807) is 11.3 Å². The topological polar surface area (TPSA) is 83.8 Å². The molecule has 0 aliphatic heterocycles. The maximum absolute atomic E-state index is 11.8. The summed E-state index contributed by atoms with van der Waals surface area (Å²) in [5.74, 6) is 0.0694. The van der Waals surface area contributed by atoms with E-state index in [1.807, 2.05) is 23.8 Å². The number of rotatable bonds is 3. The zero-order chi connectivity index (χ0) is 11.5. The average Bonchev–Trinajstić information content (AvgIpc) is 2.86. The summed E-state index contributed by atoms with van der Waals surface area (Å²) in [6.45, 7) is 1.93. The van der Waals surface area contributed by atoms with Crippen molar-refractivity contribution in [2.24, 2.45) is 0 Å². The van der Waals surface area contributed by atoms with Gasteiger partial charge in [-0.25, -0.2) is 0 Å². The van der Waals surface area contributed by atoms with Crippen LogP contribution in [0.4, 0.5) is 5.82 Å². The molecule has 0 saturated heterocycles.